The standard InChI is InChI=1S/C10H16N4O2S.ClH/c11-8-3-5-13(7-8)17(15,16)10-6-12-9-2-1-4-14(9)10;/h6,8H,1-5,7,11H2;1H/t8-;/m1./s1. The van der Waals surface area contributed by atoms with E-state index in [4.69, 9.17) is 5.73 Å². The van der Waals surface area contributed by atoms with Crippen molar-refractivity contribution in [3.63, 3.8) is 0 Å². The minimum absolute atomic E-state index is 0. The lowest BCUT2D eigenvalue weighted by Crippen LogP contribution is -2.33. The smallest absolute Gasteiger partial charge is 0.260 e. The first-order valence-electron chi connectivity index (χ1n) is 5.89. The number of nitrogens with two attached hydrogens (primary N) is 1. The van der Waals surface area contributed by atoms with E-state index in [1.165, 1.54) is 10.5 Å². The predicted molar refractivity (Wildman–Crippen MR) is 69.1 cm³/mol. The third-order valence-electron chi connectivity index (χ3n) is 3.48. The third-order valence-corrected chi connectivity index (χ3v) is 5.34. The minimum Gasteiger partial charge on any atom is -0.326 e. The van der Waals surface area contributed by atoms with Crippen molar-refractivity contribution in [1.82, 2.24) is 13.9 Å². The van der Waals surface area contributed by atoms with Gasteiger partial charge in [0.2, 0.25) is 0 Å². The van der Waals surface area contributed by atoms with Gasteiger partial charge in [-0.1, -0.05) is 0 Å². The molecule has 0 unspecified atom stereocenters. The molecule has 102 valence electrons. The fourth-order valence-electron chi connectivity index (χ4n) is 2.54. The number of aromatic nitrogens is 2. The molecular weight excluding hydrogens is 276 g/mol. The number of hydrogen-bond acceptors (Lipinski definition) is 4. The summed E-state index contributed by atoms with van der Waals surface area (Å²) in [5, 5.41) is 0.333. The molecule has 1 aromatic heterocycles. The molecule has 1 saturated heterocycles. The van der Waals surface area contributed by atoms with Gasteiger partial charge < -0.3 is 10.3 Å². The van der Waals surface area contributed by atoms with E-state index in [0.717, 1.165) is 31.6 Å². The van der Waals surface area contributed by atoms with Crippen LogP contribution in [-0.4, -0.2) is 41.4 Å². The molecular formula is C10H17ClN4O2S. The SMILES string of the molecule is Cl.N[C@@H]1CCN(S(=O)(=O)c2cnc3n2CCC3)C1. The Balaban J connectivity index is 0.00000120. The molecule has 0 aromatic carbocycles. The maximum absolute atomic E-state index is 12.4. The monoisotopic (exact) mass is 292 g/mol. The number of aryl methyl sites for hydroxylation is 1. The van der Waals surface area contributed by atoms with Crippen molar-refractivity contribution in [3.8, 4) is 0 Å². The first-order chi connectivity index (χ1) is 8.09. The highest BCUT2D eigenvalue weighted by molar-refractivity contribution is 7.89. The Morgan fingerprint density at radius 1 is 1.39 bits per heavy atom. The molecule has 0 spiro atoms. The van der Waals surface area contributed by atoms with Crippen molar-refractivity contribution in [2.24, 2.45) is 5.73 Å². The molecule has 8 heteroatoms. The van der Waals surface area contributed by atoms with Gasteiger partial charge in [-0.05, 0) is 12.8 Å². The van der Waals surface area contributed by atoms with Gasteiger partial charge in [-0.15, -0.1) is 12.4 Å². The van der Waals surface area contributed by atoms with Crippen LogP contribution in [0.2, 0.25) is 0 Å². The molecule has 6 nitrogen and oxygen atoms in total. The summed E-state index contributed by atoms with van der Waals surface area (Å²) in [7, 11) is -3.40. The second-order valence-corrected chi connectivity index (χ2v) is 6.56. The molecule has 2 aliphatic rings. The zero-order valence-corrected chi connectivity index (χ0v) is 11.6. The van der Waals surface area contributed by atoms with E-state index in [1.54, 1.807) is 0 Å². The van der Waals surface area contributed by atoms with E-state index in [2.05, 4.69) is 4.98 Å². The van der Waals surface area contributed by atoms with E-state index < -0.39 is 10.0 Å². The van der Waals surface area contributed by atoms with Crippen LogP contribution in [-0.2, 0) is 23.0 Å². The Labute approximate surface area is 113 Å². The van der Waals surface area contributed by atoms with Crippen LogP contribution in [0.1, 0.15) is 18.7 Å². The topological polar surface area (TPSA) is 81.2 Å². The Morgan fingerprint density at radius 2 is 2.17 bits per heavy atom. The van der Waals surface area contributed by atoms with Gasteiger partial charge in [-0.25, -0.2) is 13.4 Å². The Kier molecular flexibility index (Phi) is 3.68. The zero-order valence-electron chi connectivity index (χ0n) is 9.95. The maximum atomic E-state index is 12.4. The van der Waals surface area contributed by atoms with Crippen LogP contribution >= 0.6 is 12.4 Å². The highest BCUT2D eigenvalue weighted by atomic mass is 35.5. The lowest BCUT2D eigenvalue weighted by atomic mass is 10.3. The molecule has 0 radical (unpaired) electrons. The zero-order chi connectivity index (χ0) is 12.0. The molecule has 1 atom stereocenters. The second-order valence-electron chi connectivity index (χ2n) is 4.68. The minimum atomic E-state index is -3.40. The number of fused-ring (bicyclic) bond motifs is 1. The maximum Gasteiger partial charge on any atom is 0.260 e. The van der Waals surface area contributed by atoms with Crippen LogP contribution in [0.15, 0.2) is 11.2 Å². The van der Waals surface area contributed by atoms with Crippen LogP contribution in [0, 0.1) is 0 Å². The molecule has 0 amide bonds. The summed E-state index contributed by atoms with van der Waals surface area (Å²) in [5.41, 5.74) is 5.76. The van der Waals surface area contributed by atoms with Gasteiger partial charge in [0.15, 0.2) is 5.03 Å². The third kappa shape index (κ3) is 2.05. The average molecular weight is 293 g/mol. The van der Waals surface area contributed by atoms with Crippen LogP contribution in [0.3, 0.4) is 0 Å². The molecule has 0 aliphatic carbocycles. The molecule has 0 bridgehead atoms. The normalized spacial score (nSPS) is 23.9. The summed E-state index contributed by atoms with van der Waals surface area (Å²) < 4.78 is 28.1. The van der Waals surface area contributed by atoms with E-state index >= 15 is 0 Å². The largest absolute Gasteiger partial charge is 0.326 e. The van der Waals surface area contributed by atoms with Crippen LogP contribution in [0.25, 0.3) is 0 Å². The van der Waals surface area contributed by atoms with E-state index in [-0.39, 0.29) is 18.4 Å². The van der Waals surface area contributed by atoms with Crippen LogP contribution < -0.4 is 5.73 Å². The summed E-state index contributed by atoms with van der Waals surface area (Å²) in [6.45, 7) is 1.69. The summed E-state index contributed by atoms with van der Waals surface area (Å²) in [4.78, 5) is 4.18. The molecule has 1 fully saturated rings. The lowest BCUT2D eigenvalue weighted by molar-refractivity contribution is 0.463. The van der Waals surface area contributed by atoms with Gasteiger partial charge in [-0.3, -0.25) is 0 Å². The number of nitrogens with zero attached hydrogens (tertiary/aromatic N) is 3. The van der Waals surface area contributed by atoms with Gasteiger partial charge in [-0.2, -0.15) is 4.31 Å². The van der Waals surface area contributed by atoms with E-state index in [0.29, 0.717) is 18.1 Å². The van der Waals surface area contributed by atoms with Crippen LogP contribution in [0.5, 0.6) is 0 Å². The van der Waals surface area contributed by atoms with Crippen molar-refractivity contribution in [2.75, 3.05) is 13.1 Å². The number of sulfonamides is 1. The molecule has 2 N–H and O–H groups in total. The highest BCUT2D eigenvalue weighted by Crippen LogP contribution is 2.24. The van der Waals surface area contributed by atoms with Gasteiger partial charge in [0, 0.05) is 32.1 Å². The quantitative estimate of drug-likeness (QED) is 0.830. The summed E-state index contributed by atoms with van der Waals surface area (Å²) in [6.07, 6.45) is 4.06. The van der Waals surface area contributed by atoms with E-state index in [9.17, 15) is 8.42 Å². The van der Waals surface area contributed by atoms with Crippen molar-refractivity contribution < 1.29 is 8.42 Å². The van der Waals surface area contributed by atoms with Gasteiger partial charge in [0.1, 0.15) is 5.82 Å². The first kappa shape index (κ1) is 13.8. The second kappa shape index (κ2) is 4.80. The fourth-order valence-corrected chi connectivity index (χ4v) is 4.20. The fraction of sp³-hybridized carbons (Fsp3) is 0.700. The van der Waals surface area contributed by atoms with E-state index in [1.807, 2.05) is 4.57 Å². The molecule has 0 saturated carbocycles. The van der Waals surface area contributed by atoms with Gasteiger partial charge >= 0.3 is 0 Å². The molecule has 1 aromatic rings. The number of rotatable bonds is 2. The molecule has 2 aliphatic heterocycles. The highest BCUT2D eigenvalue weighted by Gasteiger charge is 2.34. The molecule has 3 heterocycles. The number of halogens is 1. The Hall–Kier alpha value is -0.630. The van der Waals surface area contributed by atoms with Gasteiger partial charge in [0.05, 0.1) is 6.20 Å². The van der Waals surface area contributed by atoms with Crippen LogP contribution in [0.4, 0.5) is 0 Å². The number of hydrogen-bond donors (Lipinski definition) is 1. The Bertz CT molecular complexity index is 542. The molecule has 3 rings (SSSR count). The summed E-state index contributed by atoms with van der Waals surface area (Å²) in [6, 6.07) is -0.0363. The summed E-state index contributed by atoms with van der Waals surface area (Å²) >= 11 is 0. The van der Waals surface area contributed by atoms with Crippen molar-refractivity contribution in [2.45, 2.75) is 36.9 Å². The summed E-state index contributed by atoms with van der Waals surface area (Å²) in [5.74, 6) is 0.882. The average Bonchev–Trinajstić information content (AvgIpc) is 2.89. The van der Waals surface area contributed by atoms with Crippen molar-refractivity contribution in [3.05, 3.63) is 12.0 Å². The lowest BCUT2D eigenvalue weighted by Gasteiger charge is -2.16. The number of imidazole rings is 1. The van der Waals surface area contributed by atoms with Crippen molar-refractivity contribution in [1.29, 1.82) is 0 Å². The molecule has 18 heavy (non-hydrogen) atoms. The first-order valence-corrected chi connectivity index (χ1v) is 7.33. The predicted octanol–water partition coefficient (Wildman–Crippen LogP) is -0.0272. The van der Waals surface area contributed by atoms with Crippen molar-refractivity contribution >= 4 is 22.4 Å². The van der Waals surface area contributed by atoms with Gasteiger partial charge in [0.25, 0.3) is 10.0 Å². The Morgan fingerprint density at radius 3 is 2.83 bits per heavy atom.